The largest absolute Gasteiger partial charge is 0.289 e. The van der Waals surface area contributed by atoms with E-state index in [-0.39, 0.29) is 37.1 Å². The van der Waals surface area contributed by atoms with E-state index in [1.165, 1.54) is 0 Å². The second kappa shape index (κ2) is 7.17. The Morgan fingerprint density at radius 3 is 2.52 bits per heavy atom. The van der Waals surface area contributed by atoms with Crippen molar-refractivity contribution >= 4 is 23.4 Å². The fourth-order valence-corrected chi connectivity index (χ4v) is 2.80. The Morgan fingerprint density at radius 2 is 1.76 bits per heavy atom. The van der Waals surface area contributed by atoms with Crippen molar-refractivity contribution < 1.29 is 14.4 Å². The van der Waals surface area contributed by atoms with Gasteiger partial charge in [-0.1, -0.05) is 36.4 Å². The summed E-state index contributed by atoms with van der Waals surface area (Å²) in [5.41, 5.74) is 4.84. The number of anilines is 1. The summed E-state index contributed by atoms with van der Waals surface area (Å²) in [6, 6.07) is 16.5. The van der Waals surface area contributed by atoms with Crippen LogP contribution in [0.15, 0.2) is 54.6 Å². The Hall–Kier alpha value is -3.15. The average Bonchev–Trinajstić information content (AvgIpc) is 2.62. The second-order valence-corrected chi connectivity index (χ2v) is 5.86. The Morgan fingerprint density at radius 1 is 1.08 bits per heavy atom. The van der Waals surface area contributed by atoms with Crippen LogP contribution in [0, 0.1) is 0 Å². The molecule has 25 heavy (non-hydrogen) atoms. The maximum atomic E-state index is 12.4. The molecular formula is C19H19N3O3. The number of nitrogens with one attached hydrogen (secondary N) is 1. The first-order chi connectivity index (χ1) is 12.1. The molecule has 6 nitrogen and oxygen atoms in total. The summed E-state index contributed by atoms with van der Waals surface area (Å²) in [6.45, 7) is 0.0699. The molecule has 1 N–H and O–H groups in total. The number of rotatable bonds is 5. The number of nitrogens with zero attached hydrogens (tertiary/aromatic N) is 2. The van der Waals surface area contributed by atoms with Crippen LogP contribution in [0.4, 0.5) is 5.69 Å². The van der Waals surface area contributed by atoms with Gasteiger partial charge < -0.3 is 0 Å². The summed E-state index contributed by atoms with van der Waals surface area (Å²) in [4.78, 5) is 37.9. The molecule has 1 aliphatic heterocycles. The minimum absolute atomic E-state index is 0.0524. The first kappa shape index (κ1) is 16.7. The number of fused-ring (bicyclic) bond motifs is 1. The van der Waals surface area contributed by atoms with Gasteiger partial charge >= 0.3 is 0 Å². The third kappa shape index (κ3) is 3.68. The lowest BCUT2D eigenvalue weighted by Crippen LogP contribution is -2.45. The molecule has 0 aliphatic carbocycles. The number of hydrogen-bond acceptors (Lipinski definition) is 4. The number of carbonyl (C=O) groups is 3. The fourth-order valence-electron chi connectivity index (χ4n) is 2.80. The lowest BCUT2D eigenvalue weighted by molar-refractivity contribution is -0.129. The summed E-state index contributed by atoms with van der Waals surface area (Å²) in [5, 5.41) is 1.61. The topological polar surface area (TPSA) is 69.7 Å². The van der Waals surface area contributed by atoms with Crippen LogP contribution in [-0.4, -0.2) is 36.2 Å². The van der Waals surface area contributed by atoms with E-state index in [1.807, 2.05) is 36.4 Å². The number of imide groups is 1. The highest BCUT2D eigenvalue weighted by Crippen LogP contribution is 2.19. The van der Waals surface area contributed by atoms with Crippen molar-refractivity contribution in [3.63, 3.8) is 0 Å². The van der Waals surface area contributed by atoms with Gasteiger partial charge in [-0.3, -0.25) is 29.7 Å². The van der Waals surface area contributed by atoms with E-state index in [0.717, 1.165) is 16.2 Å². The van der Waals surface area contributed by atoms with Gasteiger partial charge in [0.2, 0.25) is 11.8 Å². The molecule has 0 spiro atoms. The minimum Gasteiger partial charge on any atom is -0.289 e. The molecule has 2 aromatic carbocycles. The van der Waals surface area contributed by atoms with Crippen molar-refractivity contribution in [2.75, 3.05) is 18.6 Å². The molecule has 0 fully saturated rings. The number of hydrazine groups is 1. The van der Waals surface area contributed by atoms with Crippen molar-refractivity contribution in [1.29, 1.82) is 0 Å². The van der Waals surface area contributed by atoms with Crippen LogP contribution in [0.1, 0.15) is 22.3 Å². The summed E-state index contributed by atoms with van der Waals surface area (Å²) in [5.74, 6) is -0.866. The van der Waals surface area contributed by atoms with E-state index < -0.39 is 0 Å². The van der Waals surface area contributed by atoms with Gasteiger partial charge in [-0.25, -0.2) is 0 Å². The standard InChI is InChI=1S/C19H19N3O3/c1-21(15-8-3-2-4-9-15)20-17(23)11-12-22-18(24)13-14-7-5-6-10-16(14)19(22)25/h2-10H,11-13H2,1H3,(H,20,23). The second-order valence-electron chi connectivity index (χ2n) is 5.86. The third-order valence-electron chi connectivity index (χ3n) is 4.13. The van der Waals surface area contributed by atoms with Crippen LogP contribution in [0.3, 0.4) is 0 Å². The predicted octanol–water partition coefficient (Wildman–Crippen LogP) is 1.77. The Bertz CT molecular complexity index is 805. The maximum Gasteiger partial charge on any atom is 0.260 e. The molecule has 0 bridgehead atoms. The first-order valence-corrected chi connectivity index (χ1v) is 8.07. The predicted molar refractivity (Wildman–Crippen MR) is 93.8 cm³/mol. The maximum absolute atomic E-state index is 12.4. The number of amides is 3. The summed E-state index contributed by atoms with van der Waals surface area (Å²) < 4.78 is 0. The molecule has 0 unspecified atom stereocenters. The van der Waals surface area contributed by atoms with Crippen molar-refractivity contribution in [3.05, 3.63) is 65.7 Å². The molecule has 1 heterocycles. The minimum atomic E-state index is -0.337. The third-order valence-corrected chi connectivity index (χ3v) is 4.13. The number of hydrogen-bond donors (Lipinski definition) is 1. The molecule has 2 aromatic rings. The van der Waals surface area contributed by atoms with E-state index in [4.69, 9.17) is 0 Å². The molecular weight excluding hydrogens is 318 g/mol. The summed E-state index contributed by atoms with van der Waals surface area (Å²) >= 11 is 0. The van der Waals surface area contributed by atoms with Gasteiger partial charge in [0.15, 0.2) is 0 Å². The van der Waals surface area contributed by atoms with E-state index in [1.54, 1.807) is 30.3 Å². The number of benzene rings is 2. The number of carbonyl (C=O) groups excluding carboxylic acids is 3. The van der Waals surface area contributed by atoms with Gasteiger partial charge in [0.25, 0.3) is 5.91 Å². The lowest BCUT2D eigenvalue weighted by Gasteiger charge is -2.27. The van der Waals surface area contributed by atoms with Crippen molar-refractivity contribution in [2.24, 2.45) is 0 Å². The smallest absolute Gasteiger partial charge is 0.260 e. The van der Waals surface area contributed by atoms with Gasteiger partial charge in [0, 0.05) is 25.6 Å². The Kier molecular flexibility index (Phi) is 4.79. The SMILES string of the molecule is CN(NC(=O)CCN1C(=O)Cc2ccccc2C1=O)c1ccccc1. The zero-order chi connectivity index (χ0) is 17.8. The zero-order valence-corrected chi connectivity index (χ0v) is 13.9. The van der Waals surface area contributed by atoms with Crippen LogP contribution in [0.25, 0.3) is 0 Å². The highest BCUT2D eigenvalue weighted by Gasteiger charge is 2.30. The molecule has 6 heteroatoms. The zero-order valence-electron chi connectivity index (χ0n) is 13.9. The lowest BCUT2D eigenvalue weighted by atomic mass is 9.98. The van der Waals surface area contributed by atoms with Crippen LogP contribution in [-0.2, 0) is 16.0 Å². The summed E-state index contributed by atoms with van der Waals surface area (Å²) in [6.07, 6.45) is 0.240. The van der Waals surface area contributed by atoms with Gasteiger partial charge in [-0.2, -0.15) is 0 Å². The summed E-state index contributed by atoms with van der Waals surface area (Å²) in [7, 11) is 1.74. The van der Waals surface area contributed by atoms with Gasteiger partial charge in [0.1, 0.15) is 0 Å². The molecule has 0 aromatic heterocycles. The molecule has 3 rings (SSSR count). The highest BCUT2D eigenvalue weighted by molar-refractivity contribution is 6.09. The monoisotopic (exact) mass is 337 g/mol. The van der Waals surface area contributed by atoms with E-state index in [9.17, 15) is 14.4 Å². The molecule has 1 aliphatic rings. The molecule has 0 radical (unpaired) electrons. The van der Waals surface area contributed by atoms with Gasteiger partial charge in [-0.05, 0) is 23.8 Å². The Labute approximate surface area is 146 Å². The van der Waals surface area contributed by atoms with Gasteiger partial charge in [-0.15, -0.1) is 0 Å². The molecule has 128 valence electrons. The normalized spacial score (nSPS) is 13.4. The fraction of sp³-hybridized carbons (Fsp3) is 0.211. The highest BCUT2D eigenvalue weighted by atomic mass is 16.2. The molecule has 0 atom stereocenters. The first-order valence-electron chi connectivity index (χ1n) is 8.07. The van der Waals surface area contributed by atoms with Crippen LogP contribution < -0.4 is 10.4 Å². The van der Waals surface area contributed by atoms with E-state index in [0.29, 0.717) is 5.56 Å². The van der Waals surface area contributed by atoms with Crippen molar-refractivity contribution in [1.82, 2.24) is 10.3 Å². The van der Waals surface area contributed by atoms with Gasteiger partial charge in [0.05, 0.1) is 12.1 Å². The quantitative estimate of drug-likeness (QED) is 0.667. The van der Waals surface area contributed by atoms with Crippen molar-refractivity contribution in [2.45, 2.75) is 12.8 Å². The van der Waals surface area contributed by atoms with Crippen LogP contribution >= 0.6 is 0 Å². The molecule has 0 saturated heterocycles. The Balaban J connectivity index is 1.59. The van der Waals surface area contributed by atoms with Crippen molar-refractivity contribution in [3.8, 4) is 0 Å². The van der Waals surface area contributed by atoms with Crippen LogP contribution in [0.2, 0.25) is 0 Å². The average molecular weight is 337 g/mol. The molecule has 3 amide bonds. The number of para-hydroxylation sites is 1. The van der Waals surface area contributed by atoms with E-state index in [2.05, 4.69) is 5.43 Å². The van der Waals surface area contributed by atoms with Crippen LogP contribution in [0.5, 0.6) is 0 Å². The molecule has 0 saturated carbocycles. The van der Waals surface area contributed by atoms with E-state index >= 15 is 0 Å².